The van der Waals surface area contributed by atoms with Crippen LogP contribution in [-0.4, -0.2) is 20.4 Å². The molecule has 5 nitrogen and oxygen atoms in total. The molecule has 2 aliphatic carbocycles. The molecule has 24 heavy (non-hydrogen) atoms. The van der Waals surface area contributed by atoms with E-state index in [0.29, 0.717) is 5.92 Å². The number of carbonyl (C=O) groups is 1. The van der Waals surface area contributed by atoms with Crippen LogP contribution in [0.4, 0.5) is 5.13 Å². The monoisotopic (exact) mass is 344 g/mol. The number of imidazole rings is 1. The molecule has 1 fully saturated rings. The van der Waals surface area contributed by atoms with E-state index < -0.39 is 0 Å². The van der Waals surface area contributed by atoms with Gasteiger partial charge in [0.1, 0.15) is 0 Å². The van der Waals surface area contributed by atoms with Gasteiger partial charge in [-0.05, 0) is 38.0 Å². The molecule has 1 saturated carbocycles. The van der Waals surface area contributed by atoms with Crippen LogP contribution in [0.2, 0.25) is 0 Å². The van der Waals surface area contributed by atoms with E-state index in [2.05, 4.69) is 15.3 Å². The van der Waals surface area contributed by atoms with Crippen LogP contribution >= 0.6 is 11.3 Å². The molecule has 128 valence electrons. The molecule has 0 radical (unpaired) electrons. The molecule has 6 heteroatoms. The van der Waals surface area contributed by atoms with Gasteiger partial charge in [-0.15, -0.1) is 11.3 Å². The van der Waals surface area contributed by atoms with Crippen LogP contribution < -0.4 is 5.32 Å². The molecule has 0 spiro atoms. The predicted molar refractivity (Wildman–Crippen MR) is 95.5 cm³/mol. The summed E-state index contributed by atoms with van der Waals surface area (Å²) in [5.74, 6) is 0.537. The Hall–Kier alpha value is -1.69. The summed E-state index contributed by atoms with van der Waals surface area (Å²) in [5, 5.41) is 3.78. The SMILES string of the molecule is Cn1cnc2c1CCCC2C(=O)Nc1ncc(C2CCCCC2)s1. The number of thiazole rings is 1. The van der Waals surface area contributed by atoms with Gasteiger partial charge in [0.2, 0.25) is 5.91 Å². The predicted octanol–water partition coefficient (Wildman–Crippen LogP) is 3.98. The van der Waals surface area contributed by atoms with Crippen molar-refractivity contribution in [1.82, 2.24) is 14.5 Å². The normalized spacial score (nSPS) is 21.5. The van der Waals surface area contributed by atoms with Gasteiger partial charge in [-0.3, -0.25) is 4.79 Å². The van der Waals surface area contributed by atoms with Crippen molar-refractivity contribution in [3.05, 3.63) is 28.8 Å². The fourth-order valence-corrected chi connectivity index (χ4v) is 5.04. The van der Waals surface area contributed by atoms with E-state index in [9.17, 15) is 4.79 Å². The van der Waals surface area contributed by atoms with Gasteiger partial charge in [-0.2, -0.15) is 0 Å². The molecule has 1 N–H and O–H groups in total. The summed E-state index contributed by atoms with van der Waals surface area (Å²) in [7, 11) is 2.00. The third-order valence-corrected chi connectivity index (χ3v) is 6.48. The Morgan fingerprint density at radius 1 is 1.21 bits per heavy atom. The summed E-state index contributed by atoms with van der Waals surface area (Å²) in [6, 6.07) is 0. The number of fused-ring (bicyclic) bond motifs is 1. The Labute approximate surface area is 146 Å². The maximum absolute atomic E-state index is 12.7. The fourth-order valence-electron chi connectivity index (χ4n) is 4.05. The van der Waals surface area contributed by atoms with Crippen LogP contribution in [0.3, 0.4) is 0 Å². The molecule has 2 aromatic rings. The van der Waals surface area contributed by atoms with Gasteiger partial charge in [0.05, 0.1) is 17.9 Å². The molecule has 0 aliphatic heterocycles. The molecular weight excluding hydrogens is 320 g/mol. The second-order valence-electron chi connectivity index (χ2n) is 7.02. The first-order chi connectivity index (χ1) is 11.7. The average molecular weight is 344 g/mol. The molecule has 4 rings (SSSR count). The van der Waals surface area contributed by atoms with Crippen molar-refractivity contribution >= 4 is 22.4 Å². The summed E-state index contributed by atoms with van der Waals surface area (Å²) in [6.07, 6.45) is 13.2. The lowest BCUT2D eigenvalue weighted by molar-refractivity contribution is -0.118. The molecule has 0 bridgehead atoms. The highest BCUT2D eigenvalue weighted by molar-refractivity contribution is 7.15. The summed E-state index contributed by atoms with van der Waals surface area (Å²) in [6.45, 7) is 0. The van der Waals surface area contributed by atoms with Gasteiger partial charge >= 0.3 is 0 Å². The number of nitrogens with one attached hydrogen (secondary N) is 1. The summed E-state index contributed by atoms with van der Waals surface area (Å²) >= 11 is 1.65. The van der Waals surface area contributed by atoms with Gasteiger partial charge in [0.25, 0.3) is 0 Å². The first-order valence-electron chi connectivity index (χ1n) is 8.99. The van der Waals surface area contributed by atoms with Crippen molar-refractivity contribution < 1.29 is 4.79 Å². The number of hydrogen-bond acceptors (Lipinski definition) is 4. The van der Waals surface area contributed by atoms with Gasteiger partial charge in [0.15, 0.2) is 5.13 Å². The topological polar surface area (TPSA) is 59.8 Å². The second kappa shape index (κ2) is 6.67. The van der Waals surface area contributed by atoms with Crippen LogP contribution in [0.5, 0.6) is 0 Å². The summed E-state index contributed by atoms with van der Waals surface area (Å²) in [4.78, 5) is 23.0. The summed E-state index contributed by atoms with van der Waals surface area (Å²) in [5.41, 5.74) is 2.15. The Morgan fingerprint density at radius 3 is 2.88 bits per heavy atom. The third kappa shape index (κ3) is 2.99. The smallest absolute Gasteiger partial charge is 0.235 e. The summed E-state index contributed by atoms with van der Waals surface area (Å²) < 4.78 is 2.04. The van der Waals surface area contributed by atoms with E-state index in [4.69, 9.17) is 0 Å². The lowest BCUT2D eigenvalue weighted by Gasteiger charge is -2.21. The minimum Gasteiger partial charge on any atom is -0.337 e. The molecule has 1 atom stereocenters. The minimum atomic E-state index is -0.142. The van der Waals surface area contributed by atoms with Crippen molar-refractivity contribution in [2.75, 3.05) is 5.32 Å². The molecule has 1 unspecified atom stereocenters. The number of aryl methyl sites for hydroxylation is 1. The van der Waals surface area contributed by atoms with Gasteiger partial charge in [-0.1, -0.05) is 19.3 Å². The molecule has 2 aliphatic rings. The van der Waals surface area contributed by atoms with Crippen LogP contribution in [0.25, 0.3) is 0 Å². The lowest BCUT2D eigenvalue weighted by atomic mass is 9.89. The maximum atomic E-state index is 12.7. The average Bonchev–Trinajstić information content (AvgIpc) is 3.23. The minimum absolute atomic E-state index is 0.0409. The number of hydrogen-bond donors (Lipinski definition) is 1. The molecule has 2 heterocycles. The zero-order valence-corrected chi connectivity index (χ0v) is 14.9. The Bertz CT molecular complexity index is 729. The van der Waals surface area contributed by atoms with Crippen molar-refractivity contribution in [2.24, 2.45) is 7.05 Å². The van der Waals surface area contributed by atoms with E-state index in [-0.39, 0.29) is 11.8 Å². The number of amides is 1. The van der Waals surface area contributed by atoms with Crippen LogP contribution in [0.1, 0.15) is 73.0 Å². The highest BCUT2D eigenvalue weighted by Gasteiger charge is 2.30. The van der Waals surface area contributed by atoms with Crippen molar-refractivity contribution in [3.8, 4) is 0 Å². The van der Waals surface area contributed by atoms with Gasteiger partial charge in [-0.25, -0.2) is 9.97 Å². The molecule has 0 aromatic carbocycles. The largest absolute Gasteiger partial charge is 0.337 e. The molecule has 0 saturated heterocycles. The lowest BCUT2D eigenvalue weighted by Crippen LogP contribution is -2.25. The zero-order chi connectivity index (χ0) is 16.5. The van der Waals surface area contributed by atoms with Crippen molar-refractivity contribution in [3.63, 3.8) is 0 Å². The highest BCUT2D eigenvalue weighted by Crippen LogP contribution is 2.37. The first-order valence-corrected chi connectivity index (χ1v) is 9.80. The Balaban J connectivity index is 1.46. The number of carbonyl (C=O) groups excluding carboxylic acids is 1. The molecular formula is C18H24N4OS. The van der Waals surface area contributed by atoms with Crippen LogP contribution in [0, 0.1) is 0 Å². The zero-order valence-electron chi connectivity index (χ0n) is 14.1. The van der Waals surface area contributed by atoms with Crippen LogP contribution in [0.15, 0.2) is 12.5 Å². The van der Waals surface area contributed by atoms with Gasteiger partial charge < -0.3 is 9.88 Å². The van der Waals surface area contributed by atoms with E-state index in [1.165, 1.54) is 42.7 Å². The number of rotatable bonds is 3. The Kier molecular flexibility index (Phi) is 4.39. The third-order valence-electron chi connectivity index (χ3n) is 5.41. The van der Waals surface area contributed by atoms with Crippen molar-refractivity contribution in [2.45, 2.75) is 63.2 Å². The standard InChI is InChI=1S/C18H24N4OS/c1-22-11-20-16-13(8-5-9-14(16)22)17(23)21-18-19-10-15(24-18)12-6-3-2-4-7-12/h10-13H,2-9H2,1H3,(H,19,21,23). The number of aromatic nitrogens is 3. The highest BCUT2D eigenvalue weighted by atomic mass is 32.1. The van der Waals surface area contributed by atoms with E-state index in [1.54, 1.807) is 11.3 Å². The second-order valence-corrected chi connectivity index (χ2v) is 8.09. The van der Waals surface area contributed by atoms with E-state index in [1.807, 2.05) is 24.1 Å². The van der Waals surface area contributed by atoms with Crippen LogP contribution in [-0.2, 0) is 18.3 Å². The first kappa shape index (κ1) is 15.8. The number of nitrogens with zero attached hydrogens (tertiary/aromatic N) is 3. The quantitative estimate of drug-likeness (QED) is 0.916. The van der Waals surface area contributed by atoms with E-state index >= 15 is 0 Å². The Morgan fingerprint density at radius 2 is 2.04 bits per heavy atom. The maximum Gasteiger partial charge on any atom is 0.235 e. The van der Waals surface area contributed by atoms with Gasteiger partial charge in [0, 0.05) is 23.8 Å². The molecule has 2 aromatic heterocycles. The van der Waals surface area contributed by atoms with E-state index in [0.717, 1.165) is 30.1 Å². The number of anilines is 1. The van der Waals surface area contributed by atoms with Crippen molar-refractivity contribution in [1.29, 1.82) is 0 Å². The fraction of sp³-hybridized carbons (Fsp3) is 0.611. The molecule has 1 amide bonds.